The molecule has 25 heavy (non-hydrogen) atoms. The highest BCUT2D eigenvalue weighted by molar-refractivity contribution is 4.59. The molecule has 0 atom stereocenters. The molecule has 4 nitrogen and oxygen atoms in total. The van der Waals surface area contributed by atoms with Gasteiger partial charge in [-0.3, -0.25) is 0 Å². The Morgan fingerprint density at radius 1 is 0.560 bits per heavy atom. The van der Waals surface area contributed by atoms with E-state index in [4.69, 9.17) is 16.2 Å². The summed E-state index contributed by atoms with van der Waals surface area (Å²) < 4.78 is 5.79. The molecule has 0 aliphatic rings. The molecule has 0 aliphatic heterocycles. The van der Waals surface area contributed by atoms with Crippen molar-refractivity contribution in [2.75, 3.05) is 45.9 Å². The minimum Gasteiger partial charge on any atom is -0.381 e. The molecule has 0 saturated heterocycles. The average molecular weight is 358 g/mol. The van der Waals surface area contributed by atoms with Crippen LogP contribution in [0.15, 0.2) is 0 Å². The first-order chi connectivity index (χ1) is 12.3. The molecule has 0 rings (SSSR count). The van der Waals surface area contributed by atoms with Gasteiger partial charge in [-0.2, -0.15) is 0 Å². The summed E-state index contributed by atoms with van der Waals surface area (Å²) in [5.74, 6) is 0. The van der Waals surface area contributed by atoms with Crippen LogP contribution < -0.4 is 11.5 Å². The second-order valence-electron chi connectivity index (χ2n) is 7.27. The first-order valence-electron chi connectivity index (χ1n) is 11.0. The maximum atomic E-state index is 5.79. The van der Waals surface area contributed by atoms with Crippen LogP contribution in [0.4, 0.5) is 0 Å². The van der Waals surface area contributed by atoms with Crippen molar-refractivity contribution in [2.45, 2.75) is 90.4 Å². The number of hydrogen-bond acceptors (Lipinski definition) is 4. The Labute approximate surface area is 158 Å². The highest BCUT2D eigenvalue weighted by atomic mass is 16.5. The summed E-state index contributed by atoms with van der Waals surface area (Å²) >= 11 is 0. The lowest BCUT2D eigenvalue weighted by atomic mass is 10.1. The van der Waals surface area contributed by atoms with Gasteiger partial charge in [0, 0.05) is 19.8 Å². The minimum absolute atomic E-state index is 0.772. The largest absolute Gasteiger partial charge is 0.381 e. The molecule has 0 unspecified atom stereocenters. The first kappa shape index (κ1) is 24.8. The van der Waals surface area contributed by atoms with E-state index in [2.05, 4.69) is 11.8 Å². The molecule has 4 N–H and O–H groups in total. The minimum atomic E-state index is 0.772. The Morgan fingerprint density at radius 2 is 1.00 bits per heavy atom. The summed E-state index contributed by atoms with van der Waals surface area (Å²) in [7, 11) is 0. The maximum absolute atomic E-state index is 5.79. The highest BCUT2D eigenvalue weighted by Gasteiger charge is 2.03. The van der Waals surface area contributed by atoms with Gasteiger partial charge >= 0.3 is 0 Å². The van der Waals surface area contributed by atoms with Gasteiger partial charge in [0.05, 0.1) is 0 Å². The summed E-state index contributed by atoms with van der Waals surface area (Å²) in [4.78, 5) is 2.48. The lowest BCUT2D eigenvalue weighted by molar-refractivity contribution is 0.116. The number of nitrogens with zero attached hydrogens (tertiary/aromatic N) is 1. The van der Waals surface area contributed by atoms with Gasteiger partial charge in [-0.1, -0.05) is 64.7 Å². The Morgan fingerprint density at radius 3 is 1.52 bits per heavy atom. The number of ether oxygens (including phenoxy) is 1. The Balaban J connectivity index is 3.27. The van der Waals surface area contributed by atoms with E-state index in [0.29, 0.717) is 0 Å². The van der Waals surface area contributed by atoms with Crippen LogP contribution in [0.5, 0.6) is 0 Å². The fraction of sp³-hybridized carbons (Fsp3) is 1.00. The van der Waals surface area contributed by atoms with Crippen molar-refractivity contribution in [3.8, 4) is 0 Å². The van der Waals surface area contributed by atoms with E-state index < -0.39 is 0 Å². The predicted octanol–water partition coefficient (Wildman–Crippen LogP) is 4.31. The summed E-state index contributed by atoms with van der Waals surface area (Å²) in [5, 5.41) is 0. The lowest BCUT2D eigenvalue weighted by Crippen LogP contribution is -2.30. The van der Waals surface area contributed by atoms with Crippen LogP contribution in [0.1, 0.15) is 90.4 Å². The molecule has 152 valence electrons. The molecule has 0 aromatic heterocycles. The zero-order valence-electron chi connectivity index (χ0n) is 17.2. The topological polar surface area (TPSA) is 64.5 Å². The molecular formula is C21H47N3O. The summed E-state index contributed by atoms with van der Waals surface area (Å²) in [5.41, 5.74) is 11.2. The second-order valence-corrected chi connectivity index (χ2v) is 7.27. The van der Waals surface area contributed by atoms with Crippen LogP contribution in [0.3, 0.4) is 0 Å². The molecule has 0 fully saturated rings. The fourth-order valence-corrected chi connectivity index (χ4v) is 3.15. The van der Waals surface area contributed by atoms with Crippen LogP contribution in [0, 0.1) is 0 Å². The fourth-order valence-electron chi connectivity index (χ4n) is 3.15. The van der Waals surface area contributed by atoms with Crippen LogP contribution in [0.25, 0.3) is 0 Å². The van der Waals surface area contributed by atoms with Crippen LogP contribution >= 0.6 is 0 Å². The third-order valence-electron chi connectivity index (χ3n) is 4.76. The van der Waals surface area contributed by atoms with Gasteiger partial charge < -0.3 is 21.1 Å². The van der Waals surface area contributed by atoms with Gasteiger partial charge in [0.25, 0.3) is 0 Å². The summed E-state index contributed by atoms with van der Waals surface area (Å²) in [6, 6.07) is 0. The zero-order valence-corrected chi connectivity index (χ0v) is 17.2. The van der Waals surface area contributed by atoms with Crippen molar-refractivity contribution in [3.05, 3.63) is 0 Å². The van der Waals surface area contributed by atoms with E-state index in [1.807, 2.05) is 0 Å². The third-order valence-corrected chi connectivity index (χ3v) is 4.76. The van der Waals surface area contributed by atoms with E-state index in [0.717, 1.165) is 65.2 Å². The molecular weight excluding hydrogens is 310 g/mol. The molecule has 0 aliphatic carbocycles. The summed E-state index contributed by atoms with van der Waals surface area (Å²) in [6.07, 6.45) is 17.1. The predicted molar refractivity (Wildman–Crippen MR) is 111 cm³/mol. The standard InChI is InChI=1S/C21H47N3O/c1-2-3-4-5-6-7-8-9-10-11-20-25-21-14-19-24(17-12-15-22)18-13-16-23/h2-23H2,1H3. The van der Waals surface area contributed by atoms with Gasteiger partial charge in [-0.15, -0.1) is 0 Å². The maximum Gasteiger partial charge on any atom is 0.0478 e. The van der Waals surface area contributed by atoms with Gasteiger partial charge in [0.15, 0.2) is 0 Å². The summed E-state index contributed by atoms with van der Waals surface area (Å²) in [6.45, 7) is 8.94. The van der Waals surface area contributed by atoms with E-state index in [9.17, 15) is 0 Å². The van der Waals surface area contributed by atoms with E-state index in [1.165, 1.54) is 64.2 Å². The lowest BCUT2D eigenvalue weighted by Gasteiger charge is -2.21. The monoisotopic (exact) mass is 357 g/mol. The number of rotatable bonds is 21. The van der Waals surface area contributed by atoms with E-state index in [1.54, 1.807) is 0 Å². The SMILES string of the molecule is CCCCCCCCCCCCOCCCN(CCCN)CCCN. The second kappa shape index (κ2) is 21.9. The highest BCUT2D eigenvalue weighted by Crippen LogP contribution is 2.10. The van der Waals surface area contributed by atoms with Crippen molar-refractivity contribution in [1.82, 2.24) is 4.90 Å². The molecule has 4 heteroatoms. The smallest absolute Gasteiger partial charge is 0.0478 e. The van der Waals surface area contributed by atoms with Gasteiger partial charge in [-0.05, 0) is 51.9 Å². The van der Waals surface area contributed by atoms with Crippen molar-refractivity contribution >= 4 is 0 Å². The van der Waals surface area contributed by atoms with Crippen LogP contribution in [-0.4, -0.2) is 50.8 Å². The molecule has 0 bridgehead atoms. The van der Waals surface area contributed by atoms with Crippen molar-refractivity contribution in [2.24, 2.45) is 11.5 Å². The van der Waals surface area contributed by atoms with Crippen molar-refractivity contribution < 1.29 is 4.74 Å². The van der Waals surface area contributed by atoms with Gasteiger partial charge in [-0.25, -0.2) is 0 Å². The van der Waals surface area contributed by atoms with Crippen LogP contribution in [0.2, 0.25) is 0 Å². The van der Waals surface area contributed by atoms with Gasteiger partial charge in [0.1, 0.15) is 0 Å². The first-order valence-corrected chi connectivity index (χ1v) is 11.0. The molecule has 0 aromatic carbocycles. The zero-order chi connectivity index (χ0) is 18.4. The molecule has 0 heterocycles. The third kappa shape index (κ3) is 20.0. The Kier molecular flexibility index (Phi) is 21.7. The molecule has 0 spiro atoms. The van der Waals surface area contributed by atoms with Crippen molar-refractivity contribution in [3.63, 3.8) is 0 Å². The van der Waals surface area contributed by atoms with Crippen LogP contribution in [-0.2, 0) is 4.74 Å². The van der Waals surface area contributed by atoms with E-state index >= 15 is 0 Å². The van der Waals surface area contributed by atoms with E-state index in [-0.39, 0.29) is 0 Å². The van der Waals surface area contributed by atoms with Crippen molar-refractivity contribution in [1.29, 1.82) is 0 Å². The number of unbranched alkanes of at least 4 members (excludes halogenated alkanes) is 9. The molecule has 0 radical (unpaired) electrons. The quantitative estimate of drug-likeness (QED) is 0.300. The number of hydrogen-bond donors (Lipinski definition) is 2. The Bertz CT molecular complexity index is 231. The molecule has 0 amide bonds. The normalized spacial score (nSPS) is 11.5. The average Bonchev–Trinajstić information content (AvgIpc) is 2.63. The number of nitrogens with two attached hydrogens (primary N) is 2. The molecule has 0 aromatic rings. The molecule has 0 saturated carbocycles. The van der Waals surface area contributed by atoms with Gasteiger partial charge in [0.2, 0.25) is 0 Å². The Hall–Kier alpha value is -0.160.